The van der Waals surface area contributed by atoms with E-state index in [1.807, 2.05) is 19.0 Å². The van der Waals surface area contributed by atoms with Gasteiger partial charge in [0, 0.05) is 14.1 Å². The van der Waals surface area contributed by atoms with Gasteiger partial charge in [-0.15, -0.1) is 0 Å². The summed E-state index contributed by atoms with van der Waals surface area (Å²) in [5.74, 6) is 0. The average molecular weight is 328 g/mol. The average Bonchev–Trinajstić information content (AvgIpc) is 2.50. The molecule has 0 atom stereocenters. The van der Waals surface area contributed by atoms with Crippen LogP contribution in [-0.2, 0) is 0 Å². The van der Waals surface area contributed by atoms with Crippen LogP contribution in [-0.4, -0.2) is 23.3 Å². The Morgan fingerprint density at radius 2 is 1.27 bits per heavy atom. The molecule has 2 aromatic rings. The summed E-state index contributed by atoms with van der Waals surface area (Å²) in [7, 11) is 3.95. The van der Waals surface area contributed by atoms with Crippen molar-refractivity contribution >= 4 is 33.9 Å². The van der Waals surface area contributed by atoms with Crippen molar-refractivity contribution in [3.8, 4) is 0 Å². The van der Waals surface area contributed by atoms with E-state index in [0.717, 1.165) is 4.32 Å². The molecule has 1 nitrogen and oxygen atoms in total. The van der Waals surface area contributed by atoms with Crippen molar-refractivity contribution in [3.63, 3.8) is 0 Å². The Morgan fingerprint density at radius 3 is 1.64 bits per heavy atom. The lowest BCUT2D eigenvalue weighted by molar-refractivity contribution is 0.648. The van der Waals surface area contributed by atoms with E-state index >= 15 is 0 Å². The predicted octanol–water partition coefficient (Wildman–Crippen LogP) is 5.27. The Kier molecular flexibility index (Phi) is 5.81. The highest BCUT2D eigenvalue weighted by atomic mass is 32.2. The monoisotopic (exact) mass is 327 g/mol. The summed E-state index contributed by atoms with van der Waals surface area (Å²) < 4.78 is 0.858. The molecule has 22 heavy (non-hydrogen) atoms. The summed E-state index contributed by atoms with van der Waals surface area (Å²) >= 11 is 6.97. The molecule has 2 aromatic carbocycles. The van der Waals surface area contributed by atoms with Crippen molar-refractivity contribution in [1.82, 2.24) is 4.90 Å². The molecule has 0 aliphatic rings. The molecule has 0 aliphatic carbocycles. The topological polar surface area (TPSA) is 3.24 Å². The van der Waals surface area contributed by atoms with Gasteiger partial charge in [-0.3, -0.25) is 0 Å². The van der Waals surface area contributed by atoms with Crippen LogP contribution in [0, 0.1) is 13.8 Å². The van der Waals surface area contributed by atoms with E-state index in [2.05, 4.69) is 67.8 Å². The Morgan fingerprint density at radius 1 is 0.864 bits per heavy atom. The Hall–Kier alpha value is -1.58. The van der Waals surface area contributed by atoms with Crippen LogP contribution in [0.2, 0.25) is 0 Å². The molecule has 3 heteroatoms. The van der Waals surface area contributed by atoms with Gasteiger partial charge >= 0.3 is 0 Å². The molecule has 0 bridgehead atoms. The third-order valence-corrected chi connectivity index (χ3v) is 4.94. The van der Waals surface area contributed by atoms with Gasteiger partial charge in [-0.1, -0.05) is 83.6 Å². The minimum atomic E-state index is 0.858. The van der Waals surface area contributed by atoms with E-state index in [0.29, 0.717) is 0 Å². The van der Waals surface area contributed by atoms with Crippen molar-refractivity contribution in [2.75, 3.05) is 14.1 Å². The first-order valence-electron chi connectivity index (χ1n) is 7.19. The second-order valence-corrected chi connectivity index (χ2v) is 7.04. The van der Waals surface area contributed by atoms with E-state index in [1.54, 1.807) is 11.8 Å². The van der Waals surface area contributed by atoms with E-state index in [9.17, 15) is 0 Å². The zero-order valence-electron chi connectivity index (χ0n) is 13.5. The van der Waals surface area contributed by atoms with Crippen LogP contribution in [0.5, 0.6) is 0 Å². The third kappa shape index (κ3) is 4.46. The van der Waals surface area contributed by atoms with Crippen LogP contribution in [0.1, 0.15) is 22.3 Å². The van der Waals surface area contributed by atoms with Crippen molar-refractivity contribution in [2.24, 2.45) is 0 Å². The fraction of sp³-hybridized carbons (Fsp3) is 0.211. The molecule has 0 radical (unpaired) electrons. The Bertz CT molecular complexity index is 620. The van der Waals surface area contributed by atoms with E-state index in [1.165, 1.54) is 27.8 Å². The number of benzene rings is 2. The number of aryl methyl sites for hydroxylation is 2. The summed E-state index contributed by atoms with van der Waals surface area (Å²) in [5.41, 5.74) is 6.16. The van der Waals surface area contributed by atoms with Crippen LogP contribution >= 0.6 is 24.0 Å². The molecule has 0 spiro atoms. The van der Waals surface area contributed by atoms with E-state index < -0.39 is 0 Å². The maximum absolute atomic E-state index is 5.38. The van der Waals surface area contributed by atoms with Crippen LogP contribution in [0.3, 0.4) is 0 Å². The fourth-order valence-corrected chi connectivity index (χ4v) is 2.83. The Balaban J connectivity index is 2.40. The molecule has 0 heterocycles. The van der Waals surface area contributed by atoms with Crippen LogP contribution in [0.4, 0.5) is 0 Å². The highest BCUT2D eigenvalue weighted by Crippen LogP contribution is 2.27. The van der Waals surface area contributed by atoms with Gasteiger partial charge in [0.05, 0.1) is 0 Å². The van der Waals surface area contributed by atoms with Crippen molar-refractivity contribution < 1.29 is 0 Å². The standard InChI is InChI=1S/C19H21NS2/c1-14-5-9-16(10-6-14)18(13-22-19(21)20(3)4)17-11-7-15(2)8-12-17/h5-13H,1-4H3. The van der Waals surface area contributed by atoms with Gasteiger partial charge in [-0.05, 0) is 36.0 Å². The van der Waals surface area contributed by atoms with Gasteiger partial charge in [0.25, 0.3) is 0 Å². The number of rotatable bonds is 3. The predicted molar refractivity (Wildman–Crippen MR) is 103 cm³/mol. The summed E-state index contributed by atoms with van der Waals surface area (Å²) in [6.07, 6.45) is 0. The minimum absolute atomic E-state index is 0.858. The normalized spacial score (nSPS) is 10.2. The number of nitrogens with zero attached hydrogens (tertiary/aromatic N) is 1. The first-order valence-corrected chi connectivity index (χ1v) is 8.48. The van der Waals surface area contributed by atoms with Gasteiger partial charge in [0.2, 0.25) is 0 Å². The second kappa shape index (κ2) is 7.61. The van der Waals surface area contributed by atoms with Crippen molar-refractivity contribution in [2.45, 2.75) is 13.8 Å². The maximum atomic E-state index is 5.38. The first kappa shape index (κ1) is 16.8. The van der Waals surface area contributed by atoms with Gasteiger partial charge in [-0.2, -0.15) is 0 Å². The first-order chi connectivity index (χ1) is 10.5. The molecule has 0 N–H and O–H groups in total. The van der Waals surface area contributed by atoms with Crippen molar-refractivity contribution in [3.05, 3.63) is 76.2 Å². The quantitative estimate of drug-likeness (QED) is 0.707. The molecule has 0 aromatic heterocycles. The molecular weight excluding hydrogens is 306 g/mol. The third-order valence-electron chi connectivity index (χ3n) is 3.37. The molecule has 2 rings (SSSR count). The number of hydrogen-bond acceptors (Lipinski definition) is 2. The van der Waals surface area contributed by atoms with Crippen molar-refractivity contribution in [1.29, 1.82) is 0 Å². The summed E-state index contributed by atoms with van der Waals surface area (Å²) in [6, 6.07) is 17.2. The molecule has 0 unspecified atom stereocenters. The minimum Gasteiger partial charge on any atom is -0.363 e. The lowest BCUT2D eigenvalue weighted by Crippen LogP contribution is -2.15. The number of thiocarbonyl (C=S) groups is 1. The van der Waals surface area contributed by atoms with Gasteiger partial charge < -0.3 is 4.90 Å². The molecule has 114 valence electrons. The zero-order chi connectivity index (χ0) is 16.1. The molecular formula is C19H21NS2. The summed E-state index contributed by atoms with van der Waals surface area (Å²) in [4.78, 5) is 1.96. The summed E-state index contributed by atoms with van der Waals surface area (Å²) in [6.45, 7) is 4.21. The number of thioether (sulfide) groups is 1. The Labute approximate surface area is 143 Å². The lowest BCUT2D eigenvalue weighted by atomic mass is 9.98. The molecule has 0 amide bonds. The smallest absolute Gasteiger partial charge is 0.140 e. The van der Waals surface area contributed by atoms with Crippen LogP contribution in [0.15, 0.2) is 53.9 Å². The van der Waals surface area contributed by atoms with Crippen LogP contribution < -0.4 is 0 Å². The van der Waals surface area contributed by atoms with E-state index in [4.69, 9.17) is 12.2 Å². The van der Waals surface area contributed by atoms with Gasteiger partial charge in [0.1, 0.15) is 4.32 Å². The highest BCUT2D eigenvalue weighted by Gasteiger charge is 2.07. The largest absolute Gasteiger partial charge is 0.363 e. The lowest BCUT2D eigenvalue weighted by Gasteiger charge is -2.13. The number of hydrogen-bond donors (Lipinski definition) is 0. The van der Waals surface area contributed by atoms with E-state index in [-0.39, 0.29) is 0 Å². The van der Waals surface area contributed by atoms with Gasteiger partial charge in [-0.25, -0.2) is 0 Å². The van der Waals surface area contributed by atoms with Crippen LogP contribution in [0.25, 0.3) is 5.57 Å². The second-order valence-electron chi connectivity index (χ2n) is 5.54. The summed E-state index contributed by atoms with van der Waals surface area (Å²) in [5, 5.41) is 2.15. The zero-order valence-corrected chi connectivity index (χ0v) is 15.1. The maximum Gasteiger partial charge on any atom is 0.140 e. The fourth-order valence-electron chi connectivity index (χ4n) is 1.98. The molecule has 0 saturated heterocycles. The molecule has 0 aliphatic heterocycles. The van der Waals surface area contributed by atoms with Gasteiger partial charge in [0.15, 0.2) is 0 Å². The molecule has 0 fully saturated rings. The molecule has 0 saturated carbocycles. The SMILES string of the molecule is Cc1ccc(C(=CSC(=S)N(C)C)c2ccc(C)cc2)cc1. The highest BCUT2D eigenvalue weighted by molar-refractivity contribution is 8.24.